The molecular formula is C8H15ClN2O. The lowest BCUT2D eigenvalue weighted by atomic mass is 9.96. The minimum absolute atomic E-state index is 0. The summed E-state index contributed by atoms with van der Waals surface area (Å²) in [5, 5.41) is 3.32. The summed E-state index contributed by atoms with van der Waals surface area (Å²) < 4.78 is 0. The van der Waals surface area contributed by atoms with Crippen molar-refractivity contribution in [1.82, 2.24) is 10.2 Å². The normalized spacial score (nSPS) is 34.4. The monoisotopic (exact) mass is 190 g/mol. The van der Waals surface area contributed by atoms with Gasteiger partial charge in [-0.1, -0.05) is 0 Å². The van der Waals surface area contributed by atoms with E-state index in [1.807, 2.05) is 11.9 Å². The van der Waals surface area contributed by atoms with Crippen molar-refractivity contribution in [3.63, 3.8) is 0 Å². The van der Waals surface area contributed by atoms with Crippen molar-refractivity contribution >= 4 is 18.3 Å². The average molecular weight is 191 g/mol. The molecule has 0 aliphatic carbocycles. The van der Waals surface area contributed by atoms with Crippen LogP contribution in [-0.4, -0.2) is 36.5 Å². The molecule has 0 aromatic heterocycles. The molecule has 1 spiro atoms. The van der Waals surface area contributed by atoms with E-state index in [1.54, 1.807) is 0 Å². The summed E-state index contributed by atoms with van der Waals surface area (Å²) in [6.45, 7) is 1.94. The lowest BCUT2D eigenvalue weighted by molar-refractivity contribution is -0.131. The van der Waals surface area contributed by atoms with Crippen LogP contribution in [0, 0.1) is 0 Å². The van der Waals surface area contributed by atoms with Gasteiger partial charge in [-0.25, -0.2) is 0 Å². The number of carbonyl (C=O) groups is 1. The van der Waals surface area contributed by atoms with Crippen LogP contribution in [0.25, 0.3) is 0 Å². The number of amides is 1. The minimum Gasteiger partial charge on any atom is -0.344 e. The Morgan fingerprint density at radius 3 is 2.67 bits per heavy atom. The van der Waals surface area contributed by atoms with Crippen molar-refractivity contribution < 1.29 is 4.79 Å². The summed E-state index contributed by atoms with van der Waals surface area (Å²) in [4.78, 5) is 13.4. The Morgan fingerprint density at radius 2 is 2.25 bits per heavy atom. The fourth-order valence-corrected chi connectivity index (χ4v) is 2.13. The van der Waals surface area contributed by atoms with Crippen LogP contribution in [0.3, 0.4) is 0 Å². The minimum atomic E-state index is -0.144. The lowest BCUT2D eigenvalue weighted by Gasteiger charge is -2.20. The Bertz CT molecular complexity index is 189. The summed E-state index contributed by atoms with van der Waals surface area (Å²) >= 11 is 0. The summed E-state index contributed by atoms with van der Waals surface area (Å²) in [5.74, 6) is 0.301. The first-order chi connectivity index (χ1) is 5.25. The van der Waals surface area contributed by atoms with E-state index in [1.165, 1.54) is 0 Å². The third kappa shape index (κ3) is 1.21. The highest BCUT2D eigenvalue weighted by Crippen LogP contribution is 2.30. The predicted molar refractivity (Wildman–Crippen MR) is 49.5 cm³/mol. The standard InChI is InChI=1S/C8H14N2O.ClH/c1-10-6-4-8(7(10)11)3-2-5-9-8;/h9H,2-6H2,1H3;1H. The summed E-state index contributed by atoms with van der Waals surface area (Å²) in [5.41, 5.74) is -0.144. The van der Waals surface area contributed by atoms with Crippen molar-refractivity contribution in [3.8, 4) is 0 Å². The van der Waals surface area contributed by atoms with Crippen molar-refractivity contribution in [2.75, 3.05) is 20.1 Å². The second-order valence-electron chi connectivity index (χ2n) is 3.59. The molecule has 2 heterocycles. The molecule has 0 aromatic rings. The SMILES string of the molecule is CN1CCC2(CCCN2)C1=O.Cl. The Balaban J connectivity index is 0.000000720. The summed E-state index contributed by atoms with van der Waals surface area (Å²) in [6, 6.07) is 0. The average Bonchev–Trinajstić information content (AvgIpc) is 2.56. The number of halogens is 1. The largest absolute Gasteiger partial charge is 0.344 e. The molecule has 1 atom stereocenters. The third-order valence-corrected chi connectivity index (χ3v) is 2.87. The molecule has 12 heavy (non-hydrogen) atoms. The van der Waals surface area contributed by atoms with Crippen LogP contribution in [0.15, 0.2) is 0 Å². The molecule has 1 unspecified atom stereocenters. The van der Waals surface area contributed by atoms with Gasteiger partial charge in [-0.15, -0.1) is 12.4 Å². The number of rotatable bonds is 0. The molecular weight excluding hydrogens is 176 g/mol. The van der Waals surface area contributed by atoms with Crippen LogP contribution in [0.2, 0.25) is 0 Å². The smallest absolute Gasteiger partial charge is 0.242 e. The highest BCUT2D eigenvalue weighted by molar-refractivity contribution is 5.88. The number of likely N-dealkylation sites (N-methyl/N-ethyl adjacent to an activating group) is 1. The number of carbonyl (C=O) groups excluding carboxylic acids is 1. The molecule has 3 nitrogen and oxygen atoms in total. The van der Waals surface area contributed by atoms with E-state index in [0.29, 0.717) is 5.91 Å². The van der Waals surface area contributed by atoms with Gasteiger partial charge in [0.1, 0.15) is 0 Å². The fraction of sp³-hybridized carbons (Fsp3) is 0.875. The van der Waals surface area contributed by atoms with E-state index in [-0.39, 0.29) is 17.9 Å². The van der Waals surface area contributed by atoms with Gasteiger partial charge >= 0.3 is 0 Å². The number of nitrogens with one attached hydrogen (secondary N) is 1. The van der Waals surface area contributed by atoms with Gasteiger partial charge in [0.15, 0.2) is 0 Å². The molecule has 2 aliphatic heterocycles. The molecule has 1 N–H and O–H groups in total. The maximum atomic E-state index is 11.6. The topological polar surface area (TPSA) is 32.3 Å². The van der Waals surface area contributed by atoms with Gasteiger partial charge in [0, 0.05) is 13.6 Å². The van der Waals surface area contributed by atoms with Crippen LogP contribution < -0.4 is 5.32 Å². The van der Waals surface area contributed by atoms with Crippen LogP contribution in [0.5, 0.6) is 0 Å². The quantitative estimate of drug-likeness (QED) is 0.600. The van der Waals surface area contributed by atoms with Gasteiger partial charge in [0.05, 0.1) is 5.54 Å². The molecule has 1 amide bonds. The van der Waals surface area contributed by atoms with Gasteiger partial charge in [-0.2, -0.15) is 0 Å². The zero-order valence-electron chi connectivity index (χ0n) is 7.30. The Hall–Kier alpha value is -0.280. The van der Waals surface area contributed by atoms with E-state index in [2.05, 4.69) is 5.32 Å². The first-order valence-corrected chi connectivity index (χ1v) is 4.25. The molecule has 70 valence electrons. The highest BCUT2D eigenvalue weighted by atomic mass is 35.5. The van der Waals surface area contributed by atoms with Crippen LogP contribution in [0.1, 0.15) is 19.3 Å². The van der Waals surface area contributed by atoms with Gasteiger partial charge in [0.2, 0.25) is 5.91 Å². The molecule has 2 fully saturated rings. The van der Waals surface area contributed by atoms with Gasteiger partial charge in [-0.05, 0) is 25.8 Å². The van der Waals surface area contributed by atoms with Crippen molar-refractivity contribution in [2.24, 2.45) is 0 Å². The number of likely N-dealkylation sites (tertiary alicyclic amines) is 1. The zero-order valence-corrected chi connectivity index (χ0v) is 8.12. The fourth-order valence-electron chi connectivity index (χ4n) is 2.13. The van der Waals surface area contributed by atoms with E-state index >= 15 is 0 Å². The van der Waals surface area contributed by atoms with Gasteiger partial charge in [0.25, 0.3) is 0 Å². The molecule has 2 aliphatic rings. The van der Waals surface area contributed by atoms with Crippen LogP contribution in [-0.2, 0) is 4.79 Å². The molecule has 2 saturated heterocycles. The molecule has 4 heteroatoms. The lowest BCUT2D eigenvalue weighted by Crippen LogP contribution is -2.46. The predicted octanol–water partition coefficient (Wildman–Crippen LogP) is 0.392. The van der Waals surface area contributed by atoms with Crippen molar-refractivity contribution in [1.29, 1.82) is 0 Å². The van der Waals surface area contributed by atoms with E-state index in [4.69, 9.17) is 0 Å². The molecule has 0 radical (unpaired) electrons. The summed E-state index contributed by atoms with van der Waals surface area (Å²) in [6.07, 6.45) is 3.19. The number of hydrogen-bond acceptors (Lipinski definition) is 2. The molecule has 0 saturated carbocycles. The first-order valence-electron chi connectivity index (χ1n) is 4.25. The Kier molecular flexibility index (Phi) is 2.64. The van der Waals surface area contributed by atoms with E-state index in [0.717, 1.165) is 32.4 Å². The second-order valence-corrected chi connectivity index (χ2v) is 3.59. The highest BCUT2D eigenvalue weighted by Gasteiger charge is 2.46. The third-order valence-electron chi connectivity index (χ3n) is 2.87. The number of nitrogens with zero attached hydrogens (tertiary/aromatic N) is 1. The molecule has 0 bridgehead atoms. The van der Waals surface area contributed by atoms with Crippen molar-refractivity contribution in [2.45, 2.75) is 24.8 Å². The maximum Gasteiger partial charge on any atom is 0.242 e. The summed E-state index contributed by atoms with van der Waals surface area (Å²) in [7, 11) is 1.89. The van der Waals surface area contributed by atoms with E-state index in [9.17, 15) is 4.79 Å². The molecule has 0 aromatic carbocycles. The second kappa shape index (κ2) is 3.23. The van der Waals surface area contributed by atoms with Gasteiger partial charge < -0.3 is 10.2 Å². The Morgan fingerprint density at radius 1 is 1.50 bits per heavy atom. The number of hydrogen-bond donors (Lipinski definition) is 1. The molecule has 2 rings (SSSR count). The van der Waals surface area contributed by atoms with Crippen LogP contribution in [0.4, 0.5) is 0 Å². The van der Waals surface area contributed by atoms with Crippen LogP contribution >= 0.6 is 12.4 Å². The first kappa shape index (κ1) is 9.81. The van der Waals surface area contributed by atoms with E-state index < -0.39 is 0 Å². The van der Waals surface area contributed by atoms with Gasteiger partial charge in [-0.3, -0.25) is 4.79 Å². The van der Waals surface area contributed by atoms with Crippen molar-refractivity contribution in [3.05, 3.63) is 0 Å². The zero-order chi connectivity index (χ0) is 7.90. The maximum absolute atomic E-state index is 11.6. The Labute approximate surface area is 78.9 Å².